The zero-order chi connectivity index (χ0) is 19.8. The van der Waals surface area contributed by atoms with Gasteiger partial charge in [-0.05, 0) is 12.1 Å². The molecule has 0 aliphatic carbocycles. The van der Waals surface area contributed by atoms with Crippen molar-refractivity contribution in [2.75, 3.05) is 32.6 Å². The van der Waals surface area contributed by atoms with Gasteiger partial charge in [0.2, 0.25) is 11.8 Å². The van der Waals surface area contributed by atoms with E-state index in [2.05, 4.69) is 10.3 Å². The molecule has 8 heteroatoms. The molecule has 2 amide bonds. The number of aromatic nitrogens is 1. The third-order valence-electron chi connectivity index (χ3n) is 3.82. The fourth-order valence-corrected chi connectivity index (χ4v) is 2.85. The van der Waals surface area contributed by atoms with Gasteiger partial charge in [-0.3, -0.25) is 9.59 Å². The van der Waals surface area contributed by atoms with E-state index in [1.54, 1.807) is 24.4 Å². The summed E-state index contributed by atoms with van der Waals surface area (Å²) < 4.78 is 10.9. The van der Waals surface area contributed by atoms with Crippen LogP contribution in [-0.2, 0) is 16.0 Å². The highest BCUT2D eigenvalue weighted by Gasteiger charge is 2.14. The van der Waals surface area contributed by atoms with Gasteiger partial charge >= 0.3 is 0 Å². The van der Waals surface area contributed by atoms with E-state index in [4.69, 9.17) is 9.47 Å². The molecule has 0 spiro atoms. The second-order valence-electron chi connectivity index (χ2n) is 6.28. The molecular formula is C19H25N3O4S. The molecule has 0 unspecified atom stereocenters. The van der Waals surface area contributed by atoms with Gasteiger partial charge in [0.25, 0.3) is 0 Å². The van der Waals surface area contributed by atoms with Crippen molar-refractivity contribution in [2.24, 2.45) is 5.92 Å². The Bertz CT molecular complexity index is 776. The number of nitrogens with zero attached hydrogens (tertiary/aromatic N) is 2. The van der Waals surface area contributed by atoms with Crippen molar-refractivity contribution < 1.29 is 19.1 Å². The van der Waals surface area contributed by atoms with Crippen LogP contribution in [0, 0.1) is 5.92 Å². The third kappa shape index (κ3) is 6.25. The summed E-state index contributed by atoms with van der Waals surface area (Å²) >= 11 is 1.32. The van der Waals surface area contributed by atoms with Crippen LogP contribution in [0.25, 0.3) is 0 Å². The van der Waals surface area contributed by atoms with Gasteiger partial charge in [-0.15, -0.1) is 11.3 Å². The maximum atomic E-state index is 12.3. The lowest BCUT2D eigenvalue weighted by Crippen LogP contribution is -2.32. The highest BCUT2D eigenvalue weighted by Crippen LogP contribution is 2.25. The number of hydrogen-bond donors (Lipinski definition) is 1. The van der Waals surface area contributed by atoms with Crippen molar-refractivity contribution in [1.29, 1.82) is 0 Å². The first-order valence-corrected chi connectivity index (χ1v) is 9.53. The normalized spacial score (nSPS) is 10.6. The van der Waals surface area contributed by atoms with Crippen molar-refractivity contribution >= 4 is 28.3 Å². The summed E-state index contributed by atoms with van der Waals surface area (Å²) in [5.41, 5.74) is 0.640. The Morgan fingerprint density at radius 1 is 1.26 bits per heavy atom. The predicted octanol–water partition coefficient (Wildman–Crippen LogP) is 2.83. The first-order chi connectivity index (χ1) is 12.9. The highest BCUT2D eigenvalue weighted by molar-refractivity contribution is 7.13. The summed E-state index contributed by atoms with van der Waals surface area (Å²) in [5.74, 6) is 1.03. The van der Waals surface area contributed by atoms with Gasteiger partial charge in [0.15, 0.2) is 16.6 Å². The fraction of sp³-hybridized carbons (Fsp3) is 0.421. The number of amides is 2. The van der Waals surface area contributed by atoms with E-state index in [1.165, 1.54) is 11.3 Å². The summed E-state index contributed by atoms with van der Waals surface area (Å²) in [6.07, 6.45) is 0.180. The number of carbonyl (C=O) groups is 2. The van der Waals surface area contributed by atoms with Crippen LogP contribution in [0.15, 0.2) is 29.6 Å². The number of anilines is 1. The second-order valence-corrected chi connectivity index (χ2v) is 7.14. The first kappa shape index (κ1) is 20.7. The van der Waals surface area contributed by atoms with Crippen molar-refractivity contribution in [3.05, 3.63) is 35.3 Å². The van der Waals surface area contributed by atoms with E-state index < -0.39 is 0 Å². The van der Waals surface area contributed by atoms with Gasteiger partial charge in [0, 0.05) is 18.3 Å². The molecular weight excluding hydrogens is 366 g/mol. The van der Waals surface area contributed by atoms with Crippen molar-refractivity contribution in [3.63, 3.8) is 0 Å². The third-order valence-corrected chi connectivity index (χ3v) is 4.62. The number of likely N-dealkylation sites (N-methyl/N-ethyl adjacent to an activating group) is 1. The Morgan fingerprint density at radius 3 is 2.63 bits per heavy atom. The average Bonchev–Trinajstić information content (AvgIpc) is 3.08. The molecule has 1 aromatic carbocycles. The molecule has 27 heavy (non-hydrogen) atoms. The number of nitrogens with one attached hydrogen (secondary N) is 1. The summed E-state index contributed by atoms with van der Waals surface area (Å²) in [5, 5.41) is 5.04. The Morgan fingerprint density at radius 2 is 1.96 bits per heavy atom. The van der Waals surface area contributed by atoms with Gasteiger partial charge in [0.05, 0.1) is 25.8 Å². The number of hydrogen-bond acceptors (Lipinski definition) is 6. The zero-order valence-electron chi connectivity index (χ0n) is 16.0. The number of rotatable bonds is 9. The Hall–Kier alpha value is -2.61. The average molecular weight is 391 g/mol. The number of carbonyl (C=O) groups excluding carboxylic acids is 2. The Kier molecular flexibility index (Phi) is 7.60. The number of methoxy groups -OCH3 is 1. The quantitative estimate of drug-likeness (QED) is 0.711. The Balaban J connectivity index is 1.80. The van der Waals surface area contributed by atoms with E-state index in [0.717, 1.165) is 0 Å². The van der Waals surface area contributed by atoms with Crippen LogP contribution in [-0.4, -0.2) is 49.0 Å². The zero-order valence-corrected chi connectivity index (χ0v) is 16.8. The van der Waals surface area contributed by atoms with Crippen LogP contribution < -0.4 is 14.8 Å². The molecule has 0 atom stereocenters. The standard InChI is InChI=1S/C19H25N3O4S/c1-13(2)18(24)21-19-20-14(12-27-19)11-17(23)22(3)9-10-26-16-8-6-5-7-15(16)25-4/h5-8,12-13H,9-11H2,1-4H3,(H,20,21,24). The van der Waals surface area contributed by atoms with Gasteiger partial charge < -0.3 is 19.7 Å². The smallest absolute Gasteiger partial charge is 0.228 e. The maximum absolute atomic E-state index is 12.3. The number of thiazole rings is 1. The minimum Gasteiger partial charge on any atom is -0.493 e. The first-order valence-electron chi connectivity index (χ1n) is 8.65. The molecule has 2 aromatic rings. The van der Waals surface area contributed by atoms with E-state index in [9.17, 15) is 9.59 Å². The molecule has 1 aromatic heterocycles. The van der Waals surface area contributed by atoms with Crippen LogP contribution >= 0.6 is 11.3 Å². The van der Waals surface area contributed by atoms with Crippen LogP contribution in [0.2, 0.25) is 0 Å². The van der Waals surface area contributed by atoms with E-state index in [0.29, 0.717) is 35.5 Å². The van der Waals surface area contributed by atoms with E-state index >= 15 is 0 Å². The molecule has 146 valence electrons. The molecule has 0 bridgehead atoms. The number of benzene rings is 1. The molecule has 0 fully saturated rings. The molecule has 0 aliphatic heterocycles. The molecule has 7 nitrogen and oxygen atoms in total. The molecule has 2 rings (SSSR count). The second kappa shape index (κ2) is 9.91. The summed E-state index contributed by atoms with van der Waals surface area (Å²) in [7, 11) is 3.31. The van der Waals surface area contributed by atoms with Crippen molar-refractivity contribution in [2.45, 2.75) is 20.3 Å². The largest absolute Gasteiger partial charge is 0.493 e. The number of ether oxygens (including phenoxy) is 2. The minimum absolute atomic E-state index is 0.0642. The minimum atomic E-state index is -0.117. The molecule has 0 radical (unpaired) electrons. The molecule has 0 aliphatic rings. The van der Waals surface area contributed by atoms with Crippen LogP contribution in [0.4, 0.5) is 5.13 Å². The van der Waals surface area contributed by atoms with Crippen molar-refractivity contribution in [3.8, 4) is 11.5 Å². The van der Waals surface area contributed by atoms with Gasteiger partial charge in [0.1, 0.15) is 6.61 Å². The van der Waals surface area contributed by atoms with Crippen LogP contribution in [0.3, 0.4) is 0 Å². The maximum Gasteiger partial charge on any atom is 0.228 e. The lowest BCUT2D eigenvalue weighted by molar-refractivity contribution is -0.129. The van der Waals surface area contributed by atoms with Gasteiger partial charge in [-0.1, -0.05) is 26.0 Å². The summed E-state index contributed by atoms with van der Waals surface area (Å²) in [4.78, 5) is 29.9. The fourth-order valence-electron chi connectivity index (χ4n) is 2.14. The topological polar surface area (TPSA) is 80.8 Å². The van der Waals surface area contributed by atoms with Gasteiger partial charge in [-0.25, -0.2) is 4.98 Å². The molecule has 1 N–H and O–H groups in total. The SMILES string of the molecule is COc1ccccc1OCCN(C)C(=O)Cc1csc(NC(=O)C(C)C)n1. The number of para-hydroxylation sites is 2. The van der Waals surface area contributed by atoms with E-state index in [1.807, 2.05) is 38.1 Å². The molecule has 1 heterocycles. The molecule has 0 saturated heterocycles. The lowest BCUT2D eigenvalue weighted by Gasteiger charge is -2.17. The van der Waals surface area contributed by atoms with Crippen LogP contribution in [0.5, 0.6) is 11.5 Å². The summed E-state index contributed by atoms with van der Waals surface area (Å²) in [6, 6.07) is 7.38. The van der Waals surface area contributed by atoms with Gasteiger partial charge in [-0.2, -0.15) is 0 Å². The monoisotopic (exact) mass is 391 g/mol. The Labute approximate surface area is 163 Å². The molecule has 0 saturated carbocycles. The predicted molar refractivity (Wildman–Crippen MR) is 105 cm³/mol. The van der Waals surface area contributed by atoms with Crippen LogP contribution in [0.1, 0.15) is 19.5 Å². The highest BCUT2D eigenvalue weighted by atomic mass is 32.1. The summed E-state index contributed by atoms with van der Waals surface area (Å²) in [6.45, 7) is 4.43. The lowest BCUT2D eigenvalue weighted by atomic mass is 10.2. The van der Waals surface area contributed by atoms with Crippen molar-refractivity contribution in [1.82, 2.24) is 9.88 Å². The van der Waals surface area contributed by atoms with E-state index in [-0.39, 0.29) is 24.2 Å².